The maximum Gasteiger partial charge on any atom is 0.251 e. The SMILES string of the molecule is Cc1cccc(C(=O)NCC(N)C(C)O)c1. The summed E-state index contributed by atoms with van der Waals surface area (Å²) in [5.41, 5.74) is 7.25. The van der Waals surface area contributed by atoms with Crippen LogP contribution in [0.4, 0.5) is 0 Å². The average Bonchev–Trinajstić information content (AvgIpc) is 2.25. The molecule has 0 fully saturated rings. The molecule has 16 heavy (non-hydrogen) atoms. The lowest BCUT2D eigenvalue weighted by Crippen LogP contribution is -2.43. The van der Waals surface area contributed by atoms with Crippen molar-refractivity contribution in [1.29, 1.82) is 0 Å². The third-order valence-electron chi connectivity index (χ3n) is 2.40. The van der Waals surface area contributed by atoms with E-state index in [9.17, 15) is 9.90 Å². The molecule has 4 N–H and O–H groups in total. The second-order valence-corrected chi connectivity index (χ2v) is 3.98. The van der Waals surface area contributed by atoms with Crippen molar-refractivity contribution < 1.29 is 9.90 Å². The van der Waals surface area contributed by atoms with Gasteiger partial charge < -0.3 is 16.2 Å². The number of benzene rings is 1. The Bertz CT molecular complexity index is 364. The Morgan fingerprint density at radius 2 is 2.25 bits per heavy atom. The molecular formula is C12H18N2O2. The Kier molecular flexibility index (Phi) is 4.46. The lowest BCUT2D eigenvalue weighted by molar-refractivity contribution is 0.0937. The minimum absolute atomic E-state index is 0.167. The third-order valence-corrected chi connectivity index (χ3v) is 2.40. The molecule has 1 aromatic carbocycles. The van der Waals surface area contributed by atoms with E-state index >= 15 is 0 Å². The maximum atomic E-state index is 11.7. The molecule has 0 bridgehead atoms. The van der Waals surface area contributed by atoms with E-state index < -0.39 is 12.1 Å². The Morgan fingerprint density at radius 3 is 2.81 bits per heavy atom. The summed E-state index contributed by atoms with van der Waals surface area (Å²) < 4.78 is 0. The highest BCUT2D eigenvalue weighted by atomic mass is 16.3. The number of rotatable bonds is 4. The van der Waals surface area contributed by atoms with Crippen molar-refractivity contribution in [2.24, 2.45) is 5.73 Å². The van der Waals surface area contributed by atoms with Crippen LogP contribution in [-0.2, 0) is 0 Å². The smallest absolute Gasteiger partial charge is 0.251 e. The Labute approximate surface area is 95.5 Å². The van der Waals surface area contributed by atoms with Crippen LogP contribution in [0, 0.1) is 6.92 Å². The number of hydrogen-bond acceptors (Lipinski definition) is 3. The third kappa shape index (κ3) is 3.64. The molecule has 4 heteroatoms. The fraction of sp³-hybridized carbons (Fsp3) is 0.417. The number of aliphatic hydroxyl groups is 1. The number of nitrogens with two attached hydrogens (primary N) is 1. The minimum atomic E-state index is -0.627. The summed E-state index contributed by atoms with van der Waals surface area (Å²) in [6.07, 6.45) is -0.627. The van der Waals surface area contributed by atoms with E-state index in [1.54, 1.807) is 13.0 Å². The minimum Gasteiger partial charge on any atom is -0.392 e. The van der Waals surface area contributed by atoms with Crippen LogP contribution < -0.4 is 11.1 Å². The lowest BCUT2D eigenvalue weighted by Gasteiger charge is -2.15. The van der Waals surface area contributed by atoms with E-state index in [-0.39, 0.29) is 12.5 Å². The van der Waals surface area contributed by atoms with Gasteiger partial charge in [-0.15, -0.1) is 0 Å². The van der Waals surface area contributed by atoms with Gasteiger partial charge in [0.05, 0.1) is 6.10 Å². The molecule has 4 nitrogen and oxygen atoms in total. The molecular weight excluding hydrogens is 204 g/mol. The zero-order valence-electron chi connectivity index (χ0n) is 9.60. The lowest BCUT2D eigenvalue weighted by atomic mass is 10.1. The van der Waals surface area contributed by atoms with Crippen molar-refractivity contribution in [1.82, 2.24) is 5.32 Å². The fourth-order valence-corrected chi connectivity index (χ4v) is 1.27. The molecule has 0 aliphatic rings. The number of amides is 1. The summed E-state index contributed by atoms with van der Waals surface area (Å²) in [6.45, 7) is 3.80. The Hall–Kier alpha value is -1.39. The number of nitrogens with one attached hydrogen (secondary N) is 1. The number of carbonyl (C=O) groups is 1. The van der Waals surface area contributed by atoms with Gasteiger partial charge in [0.2, 0.25) is 0 Å². The van der Waals surface area contributed by atoms with Gasteiger partial charge in [0.1, 0.15) is 0 Å². The highest BCUT2D eigenvalue weighted by Crippen LogP contribution is 2.03. The van der Waals surface area contributed by atoms with E-state index in [2.05, 4.69) is 5.32 Å². The molecule has 0 spiro atoms. The van der Waals surface area contributed by atoms with Gasteiger partial charge in [-0.05, 0) is 26.0 Å². The summed E-state index contributed by atoms with van der Waals surface area (Å²) in [5, 5.41) is 11.9. The van der Waals surface area contributed by atoms with Crippen LogP contribution in [-0.4, -0.2) is 29.7 Å². The first-order valence-corrected chi connectivity index (χ1v) is 5.29. The highest BCUT2D eigenvalue weighted by Gasteiger charge is 2.11. The van der Waals surface area contributed by atoms with Crippen LogP contribution in [0.25, 0.3) is 0 Å². The summed E-state index contributed by atoms with van der Waals surface area (Å²) >= 11 is 0. The van der Waals surface area contributed by atoms with Crippen LogP contribution >= 0.6 is 0 Å². The molecule has 2 unspecified atom stereocenters. The summed E-state index contributed by atoms with van der Waals surface area (Å²) in [4.78, 5) is 11.7. The van der Waals surface area contributed by atoms with Crippen molar-refractivity contribution in [2.75, 3.05) is 6.54 Å². The van der Waals surface area contributed by atoms with Crippen LogP contribution in [0.5, 0.6) is 0 Å². The number of aliphatic hydroxyl groups excluding tert-OH is 1. The van der Waals surface area contributed by atoms with E-state index in [1.165, 1.54) is 0 Å². The van der Waals surface area contributed by atoms with Crippen LogP contribution in [0.3, 0.4) is 0 Å². The topological polar surface area (TPSA) is 75.4 Å². The standard InChI is InChI=1S/C12H18N2O2/c1-8-4-3-5-10(6-8)12(16)14-7-11(13)9(2)15/h3-6,9,11,15H,7,13H2,1-2H3,(H,14,16). The van der Waals surface area contributed by atoms with Gasteiger partial charge in [0.25, 0.3) is 5.91 Å². The van der Waals surface area contributed by atoms with Gasteiger partial charge >= 0.3 is 0 Å². The second-order valence-electron chi connectivity index (χ2n) is 3.98. The monoisotopic (exact) mass is 222 g/mol. The molecule has 0 aliphatic heterocycles. The molecule has 0 saturated carbocycles. The molecule has 1 amide bonds. The molecule has 1 rings (SSSR count). The summed E-state index contributed by atoms with van der Waals surface area (Å²) in [7, 11) is 0. The van der Waals surface area contributed by atoms with E-state index in [1.807, 2.05) is 25.1 Å². The zero-order chi connectivity index (χ0) is 12.1. The predicted molar refractivity (Wildman–Crippen MR) is 63.2 cm³/mol. The zero-order valence-corrected chi connectivity index (χ0v) is 9.60. The first kappa shape index (κ1) is 12.7. The van der Waals surface area contributed by atoms with Gasteiger partial charge in [-0.1, -0.05) is 17.7 Å². The number of carbonyl (C=O) groups excluding carboxylic acids is 1. The first-order chi connectivity index (χ1) is 7.50. The van der Waals surface area contributed by atoms with E-state index in [4.69, 9.17) is 5.73 Å². The van der Waals surface area contributed by atoms with Crippen molar-refractivity contribution in [2.45, 2.75) is 26.0 Å². The highest BCUT2D eigenvalue weighted by molar-refractivity contribution is 5.94. The van der Waals surface area contributed by atoms with Crippen molar-refractivity contribution >= 4 is 5.91 Å². The van der Waals surface area contributed by atoms with Crippen LogP contribution in [0.1, 0.15) is 22.8 Å². The van der Waals surface area contributed by atoms with Gasteiger partial charge in [-0.3, -0.25) is 4.79 Å². The van der Waals surface area contributed by atoms with Gasteiger partial charge in [0.15, 0.2) is 0 Å². The fourth-order valence-electron chi connectivity index (χ4n) is 1.27. The van der Waals surface area contributed by atoms with Crippen molar-refractivity contribution in [3.05, 3.63) is 35.4 Å². The average molecular weight is 222 g/mol. The van der Waals surface area contributed by atoms with Crippen LogP contribution in [0.15, 0.2) is 24.3 Å². The largest absolute Gasteiger partial charge is 0.392 e. The van der Waals surface area contributed by atoms with Crippen LogP contribution in [0.2, 0.25) is 0 Å². The van der Waals surface area contributed by atoms with E-state index in [0.717, 1.165) is 5.56 Å². The quantitative estimate of drug-likeness (QED) is 0.691. The molecule has 0 aromatic heterocycles. The second kappa shape index (κ2) is 5.63. The van der Waals surface area contributed by atoms with Crippen molar-refractivity contribution in [3.8, 4) is 0 Å². The Morgan fingerprint density at radius 1 is 1.56 bits per heavy atom. The maximum absolute atomic E-state index is 11.7. The molecule has 0 aliphatic carbocycles. The predicted octanol–water partition coefficient (Wildman–Crippen LogP) is 0.433. The molecule has 0 radical (unpaired) electrons. The number of aryl methyl sites for hydroxylation is 1. The van der Waals surface area contributed by atoms with Gasteiger partial charge in [0, 0.05) is 18.2 Å². The molecule has 1 aromatic rings. The van der Waals surface area contributed by atoms with Gasteiger partial charge in [-0.25, -0.2) is 0 Å². The summed E-state index contributed by atoms with van der Waals surface area (Å²) in [5.74, 6) is -0.167. The summed E-state index contributed by atoms with van der Waals surface area (Å²) in [6, 6.07) is 6.88. The molecule has 0 heterocycles. The Balaban J connectivity index is 2.53. The van der Waals surface area contributed by atoms with Crippen molar-refractivity contribution in [3.63, 3.8) is 0 Å². The molecule has 88 valence electrons. The number of hydrogen-bond donors (Lipinski definition) is 3. The van der Waals surface area contributed by atoms with E-state index in [0.29, 0.717) is 5.56 Å². The molecule has 0 saturated heterocycles. The normalized spacial score (nSPS) is 14.2. The van der Waals surface area contributed by atoms with Gasteiger partial charge in [-0.2, -0.15) is 0 Å². The first-order valence-electron chi connectivity index (χ1n) is 5.29. The molecule has 2 atom stereocenters.